The SMILES string of the molecule is O=C(Cc1cccc(Br)c1)N1CCN(c2ccc(F)cc2)CC1. The smallest absolute Gasteiger partial charge is 0.227 e. The molecule has 0 aromatic heterocycles. The molecule has 5 heteroatoms. The zero-order valence-corrected chi connectivity index (χ0v) is 14.3. The number of anilines is 1. The Morgan fingerprint density at radius 3 is 2.39 bits per heavy atom. The minimum absolute atomic E-state index is 0.154. The molecule has 1 aliphatic heterocycles. The molecular weight excluding hydrogens is 359 g/mol. The molecule has 1 fully saturated rings. The van der Waals surface area contributed by atoms with Crippen LogP contribution in [0.5, 0.6) is 0 Å². The summed E-state index contributed by atoms with van der Waals surface area (Å²) in [4.78, 5) is 16.5. The number of amides is 1. The quantitative estimate of drug-likeness (QED) is 0.818. The minimum Gasteiger partial charge on any atom is -0.368 e. The first-order chi connectivity index (χ1) is 11.1. The summed E-state index contributed by atoms with van der Waals surface area (Å²) in [7, 11) is 0. The molecule has 120 valence electrons. The summed E-state index contributed by atoms with van der Waals surface area (Å²) in [5.74, 6) is -0.0709. The number of hydrogen-bond donors (Lipinski definition) is 0. The van der Waals surface area contributed by atoms with E-state index in [2.05, 4.69) is 20.8 Å². The predicted octanol–water partition coefficient (Wildman–Crippen LogP) is 3.48. The zero-order valence-electron chi connectivity index (χ0n) is 12.7. The molecule has 1 saturated heterocycles. The lowest BCUT2D eigenvalue weighted by Crippen LogP contribution is -2.49. The molecular formula is C18H18BrFN2O. The molecule has 2 aromatic rings. The molecule has 0 saturated carbocycles. The Labute approximate surface area is 143 Å². The third-order valence-electron chi connectivity index (χ3n) is 4.07. The Balaban J connectivity index is 1.56. The average molecular weight is 377 g/mol. The molecule has 0 aliphatic carbocycles. The normalized spacial score (nSPS) is 14.9. The number of carbonyl (C=O) groups excluding carboxylic acids is 1. The van der Waals surface area contributed by atoms with E-state index in [1.165, 1.54) is 12.1 Å². The van der Waals surface area contributed by atoms with E-state index in [-0.39, 0.29) is 11.7 Å². The fourth-order valence-corrected chi connectivity index (χ4v) is 3.25. The first-order valence-electron chi connectivity index (χ1n) is 7.64. The Bertz CT molecular complexity index is 682. The van der Waals surface area contributed by atoms with Crippen molar-refractivity contribution in [2.24, 2.45) is 0 Å². The maximum atomic E-state index is 13.0. The number of piperazine rings is 1. The summed E-state index contributed by atoms with van der Waals surface area (Å²) in [6, 6.07) is 14.4. The van der Waals surface area contributed by atoms with Crippen LogP contribution in [0.1, 0.15) is 5.56 Å². The summed E-state index contributed by atoms with van der Waals surface area (Å²) in [5, 5.41) is 0. The van der Waals surface area contributed by atoms with Gasteiger partial charge in [-0.2, -0.15) is 0 Å². The van der Waals surface area contributed by atoms with Gasteiger partial charge < -0.3 is 9.80 Å². The molecule has 0 spiro atoms. The second-order valence-electron chi connectivity index (χ2n) is 5.65. The van der Waals surface area contributed by atoms with Crippen LogP contribution in [-0.4, -0.2) is 37.0 Å². The Kier molecular flexibility index (Phi) is 4.96. The Morgan fingerprint density at radius 1 is 1.04 bits per heavy atom. The van der Waals surface area contributed by atoms with Crippen LogP contribution in [0, 0.1) is 5.82 Å². The van der Waals surface area contributed by atoms with Gasteiger partial charge in [0.05, 0.1) is 6.42 Å². The maximum Gasteiger partial charge on any atom is 0.227 e. The van der Waals surface area contributed by atoms with E-state index in [1.54, 1.807) is 12.1 Å². The summed E-state index contributed by atoms with van der Waals surface area (Å²) in [6.07, 6.45) is 0.427. The minimum atomic E-state index is -0.225. The second-order valence-corrected chi connectivity index (χ2v) is 6.57. The second kappa shape index (κ2) is 7.13. The van der Waals surface area contributed by atoms with E-state index in [0.29, 0.717) is 19.5 Å². The number of benzene rings is 2. The van der Waals surface area contributed by atoms with E-state index in [9.17, 15) is 9.18 Å². The van der Waals surface area contributed by atoms with Crippen LogP contribution in [0.15, 0.2) is 53.0 Å². The van der Waals surface area contributed by atoms with Crippen LogP contribution in [0.2, 0.25) is 0 Å². The van der Waals surface area contributed by atoms with Gasteiger partial charge in [0.2, 0.25) is 5.91 Å². The number of hydrogen-bond acceptors (Lipinski definition) is 2. The van der Waals surface area contributed by atoms with Gasteiger partial charge in [-0.05, 0) is 42.0 Å². The van der Waals surface area contributed by atoms with Gasteiger partial charge in [-0.1, -0.05) is 28.1 Å². The average Bonchev–Trinajstić information content (AvgIpc) is 2.56. The molecule has 1 heterocycles. The van der Waals surface area contributed by atoms with Gasteiger partial charge in [-0.15, -0.1) is 0 Å². The topological polar surface area (TPSA) is 23.6 Å². The van der Waals surface area contributed by atoms with Crippen molar-refractivity contribution in [2.45, 2.75) is 6.42 Å². The van der Waals surface area contributed by atoms with E-state index >= 15 is 0 Å². The number of carbonyl (C=O) groups is 1. The Morgan fingerprint density at radius 2 is 1.74 bits per heavy atom. The highest BCUT2D eigenvalue weighted by atomic mass is 79.9. The van der Waals surface area contributed by atoms with Crippen LogP contribution >= 0.6 is 15.9 Å². The van der Waals surface area contributed by atoms with Gasteiger partial charge in [0.25, 0.3) is 0 Å². The lowest BCUT2D eigenvalue weighted by Gasteiger charge is -2.36. The molecule has 0 radical (unpaired) electrons. The monoisotopic (exact) mass is 376 g/mol. The van der Waals surface area contributed by atoms with E-state index in [4.69, 9.17) is 0 Å². The number of halogens is 2. The van der Waals surface area contributed by atoms with Crippen molar-refractivity contribution in [1.82, 2.24) is 4.90 Å². The van der Waals surface area contributed by atoms with Crippen molar-refractivity contribution in [3.05, 3.63) is 64.4 Å². The molecule has 1 aliphatic rings. The third-order valence-corrected chi connectivity index (χ3v) is 4.56. The summed E-state index contributed by atoms with van der Waals surface area (Å²) in [6.45, 7) is 2.94. The highest BCUT2D eigenvalue weighted by Gasteiger charge is 2.21. The van der Waals surface area contributed by atoms with Gasteiger partial charge in [0.15, 0.2) is 0 Å². The highest BCUT2D eigenvalue weighted by molar-refractivity contribution is 9.10. The number of rotatable bonds is 3. The molecule has 3 nitrogen and oxygen atoms in total. The summed E-state index contributed by atoms with van der Waals surface area (Å²) >= 11 is 3.43. The fourth-order valence-electron chi connectivity index (χ4n) is 2.80. The van der Waals surface area contributed by atoms with Gasteiger partial charge in [0.1, 0.15) is 5.82 Å². The Hall–Kier alpha value is -1.88. The molecule has 0 N–H and O–H groups in total. The summed E-state index contributed by atoms with van der Waals surface area (Å²) < 4.78 is 14.0. The van der Waals surface area contributed by atoms with E-state index in [1.807, 2.05) is 29.2 Å². The standard InChI is InChI=1S/C18H18BrFN2O/c19-15-3-1-2-14(12-15)13-18(23)22-10-8-21(9-11-22)17-6-4-16(20)5-7-17/h1-7,12H,8-11,13H2. The molecule has 0 bridgehead atoms. The maximum absolute atomic E-state index is 13.0. The lowest BCUT2D eigenvalue weighted by molar-refractivity contribution is -0.130. The fraction of sp³-hybridized carbons (Fsp3) is 0.278. The van der Waals surface area contributed by atoms with Crippen molar-refractivity contribution in [2.75, 3.05) is 31.1 Å². The number of nitrogens with zero attached hydrogens (tertiary/aromatic N) is 2. The predicted molar refractivity (Wildman–Crippen MR) is 93.0 cm³/mol. The van der Waals surface area contributed by atoms with Crippen LogP contribution in [-0.2, 0) is 11.2 Å². The van der Waals surface area contributed by atoms with Gasteiger partial charge >= 0.3 is 0 Å². The van der Waals surface area contributed by atoms with E-state index < -0.39 is 0 Å². The molecule has 3 rings (SSSR count). The van der Waals surface area contributed by atoms with Gasteiger partial charge in [0, 0.05) is 36.3 Å². The van der Waals surface area contributed by atoms with Crippen molar-refractivity contribution >= 4 is 27.5 Å². The van der Waals surface area contributed by atoms with Crippen LogP contribution < -0.4 is 4.90 Å². The molecule has 2 aromatic carbocycles. The van der Waals surface area contributed by atoms with Crippen molar-refractivity contribution in [1.29, 1.82) is 0 Å². The summed E-state index contributed by atoms with van der Waals surface area (Å²) in [5.41, 5.74) is 2.02. The van der Waals surface area contributed by atoms with Crippen LogP contribution in [0.4, 0.5) is 10.1 Å². The van der Waals surface area contributed by atoms with Crippen molar-refractivity contribution in [3.8, 4) is 0 Å². The molecule has 0 unspecified atom stereocenters. The van der Waals surface area contributed by atoms with Crippen molar-refractivity contribution in [3.63, 3.8) is 0 Å². The molecule has 23 heavy (non-hydrogen) atoms. The van der Waals surface area contributed by atoms with Gasteiger partial charge in [-0.25, -0.2) is 4.39 Å². The van der Waals surface area contributed by atoms with Gasteiger partial charge in [-0.3, -0.25) is 4.79 Å². The zero-order chi connectivity index (χ0) is 16.2. The third kappa shape index (κ3) is 4.10. The lowest BCUT2D eigenvalue weighted by atomic mass is 10.1. The first kappa shape index (κ1) is 16.0. The largest absolute Gasteiger partial charge is 0.368 e. The first-order valence-corrected chi connectivity index (χ1v) is 8.44. The van der Waals surface area contributed by atoms with Crippen LogP contribution in [0.25, 0.3) is 0 Å². The molecule has 1 amide bonds. The van der Waals surface area contributed by atoms with E-state index in [0.717, 1.165) is 28.8 Å². The highest BCUT2D eigenvalue weighted by Crippen LogP contribution is 2.18. The van der Waals surface area contributed by atoms with Crippen LogP contribution in [0.3, 0.4) is 0 Å². The van der Waals surface area contributed by atoms with Crippen molar-refractivity contribution < 1.29 is 9.18 Å². The molecule has 0 atom stereocenters.